The van der Waals surface area contributed by atoms with E-state index in [1.807, 2.05) is 71.6 Å². The highest BCUT2D eigenvalue weighted by atomic mass is 16.5. The minimum absolute atomic E-state index is 0.000488. The molecule has 0 saturated heterocycles. The average Bonchev–Trinajstić information content (AvgIpc) is 3.94. The first-order valence-electron chi connectivity index (χ1n) is 23.4. The predicted octanol–water partition coefficient (Wildman–Crippen LogP) is 7.45. The second-order valence-electron chi connectivity index (χ2n) is 17.0. The monoisotopic (exact) mass is 943 g/mol. The van der Waals surface area contributed by atoms with Gasteiger partial charge >= 0.3 is 5.97 Å². The van der Waals surface area contributed by atoms with Gasteiger partial charge < -0.3 is 63.6 Å². The molecule has 16 nitrogen and oxygen atoms in total. The van der Waals surface area contributed by atoms with E-state index in [0.717, 1.165) is 52.2 Å². The van der Waals surface area contributed by atoms with Gasteiger partial charge in [-0.1, -0.05) is 36.4 Å². The van der Waals surface area contributed by atoms with Crippen molar-refractivity contribution in [2.45, 2.75) is 44.9 Å². The van der Waals surface area contributed by atoms with Crippen LogP contribution in [0.2, 0.25) is 0 Å². The fourth-order valence-electron chi connectivity index (χ4n) is 9.17. The molecule has 0 spiro atoms. The van der Waals surface area contributed by atoms with Gasteiger partial charge in [0.1, 0.15) is 13.2 Å². The van der Waals surface area contributed by atoms with Crippen molar-refractivity contribution >= 4 is 46.2 Å². The van der Waals surface area contributed by atoms with Crippen molar-refractivity contribution in [3.8, 4) is 23.0 Å². The molecule has 5 aromatic carbocycles. The maximum absolute atomic E-state index is 14.1. The minimum Gasteiger partial charge on any atom is -0.493 e. The van der Waals surface area contributed by atoms with Crippen LogP contribution in [-0.2, 0) is 45.1 Å². The van der Waals surface area contributed by atoms with Gasteiger partial charge in [-0.15, -0.1) is 0 Å². The Labute approximate surface area is 402 Å². The molecule has 3 N–H and O–H groups in total. The van der Waals surface area contributed by atoms with E-state index in [9.17, 15) is 19.5 Å². The number of rotatable bonds is 24. The van der Waals surface area contributed by atoms with Gasteiger partial charge in [0.2, 0.25) is 0 Å². The molecular formula is C53H61N5O11. The van der Waals surface area contributed by atoms with Crippen molar-refractivity contribution in [1.82, 2.24) is 0 Å². The molecule has 3 heterocycles. The van der Waals surface area contributed by atoms with E-state index in [0.29, 0.717) is 111 Å². The lowest BCUT2D eigenvalue weighted by molar-refractivity contribution is -0.137. The largest absolute Gasteiger partial charge is 0.493 e. The van der Waals surface area contributed by atoms with Crippen LogP contribution < -0.4 is 44.3 Å². The van der Waals surface area contributed by atoms with Crippen LogP contribution in [0, 0.1) is 0 Å². The lowest BCUT2D eigenvalue weighted by Gasteiger charge is -2.26. The molecule has 1 atom stereocenters. The molecule has 5 aromatic rings. The van der Waals surface area contributed by atoms with Gasteiger partial charge in [0.05, 0.1) is 75.8 Å². The molecule has 0 aromatic heterocycles. The van der Waals surface area contributed by atoms with Crippen LogP contribution in [0.4, 0.5) is 28.4 Å². The van der Waals surface area contributed by atoms with E-state index in [1.54, 1.807) is 51.5 Å². The first-order chi connectivity index (χ1) is 33.7. The summed E-state index contributed by atoms with van der Waals surface area (Å²) in [5.74, 6) is 0.583. The number of nitrogens with zero attached hydrogens (tertiary/aromatic N) is 3. The molecule has 0 aliphatic carbocycles. The third kappa shape index (κ3) is 11.3. The number of aliphatic carboxylic acids is 1. The van der Waals surface area contributed by atoms with E-state index in [1.165, 1.54) is 0 Å². The van der Waals surface area contributed by atoms with Crippen LogP contribution in [0.5, 0.6) is 23.0 Å². The Kier molecular flexibility index (Phi) is 16.0. The summed E-state index contributed by atoms with van der Waals surface area (Å²) < 4.78 is 41.3. The number of nitrogens with one attached hydrogen (secondary N) is 2. The van der Waals surface area contributed by atoms with Crippen LogP contribution in [0.15, 0.2) is 91.0 Å². The van der Waals surface area contributed by atoms with E-state index < -0.39 is 5.97 Å². The number of benzene rings is 5. The third-order valence-corrected chi connectivity index (χ3v) is 12.6. The van der Waals surface area contributed by atoms with Gasteiger partial charge in [0.15, 0.2) is 23.0 Å². The number of ether oxygens (including phenoxy) is 7. The Morgan fingerprint density at radius 2 is 1.43 bits per heavy atom. The van der Waals surface area contributed by atoms with Crippen molar-refractivity contribution in [3.05, 3.63) is 124 Å². The Morgan fingerprint density at radius 1 is 0.768 bits per heavy atom. The number of hydrogen-bond acceptors (Lipinski definition) is 13. The first-order valence-corrected chi connectivity index (χ1v) is 23.4. The topological polar surface area (TPSA) is 170 Å². The lowest BCUT2D eigenvalue weighted by atomic mass is 10.1. The second kappa shape index (κ2) is 22.9. The maximum Gasteiger partial charge on any atom is 0.303 e. The van der Waals surface area contributed by atoms with Crippen molar-refractivity contribution in [1.29, 1.82) is 0 Å². The Bertz CT molecular complexity index is 2620. The van der Waals surface area contributed by atoms with Crippen molar-refractivity contribution < 1.29 is 52.6 Å². The summed E-state index contributed by atoms with van der Waals surface area (Å²) in [5.41, 5.74) is 8.72. The summed E-state index contributed by atoms with van der Waals surface area (Å²) in [6.07, 6.45) is 1.95. The molecule has 0 saturated carbocycles. The highest BCUT2D eigenvalue weighted by Gasteiger charge is 2.38. The molecule has 0 radical (unpaired) electrons. The molecule has 16 heteroatoms. The molecule has 69 heavy (non-hydrogen) atoms. The average molecular weight is 944 g/mol. The molecule has 0 unspecified atom stereocenters. The zero-order valence-corrected chi connectivity index (χ0v) is 39.7. The molecule has 364 valence electrons. The number of amides is 2. The van der Waals surface area contributed by atoms with Gasteiger partial charge in [-0.05, 0) is 84.0 Å². The summed E-state index contributed by atoms with van der Waals surface area (Å²) in [6, 6.07) is 29.0. The van der Waals surface area contributed by atoms with Crippen LogP contribution in [0.25, 0.3) is 0 Å². The summed E-state index contributed by atoms with van der Waals surface area (Å²) >= 11 is 0. The number of hydrogen-bond donors (Lipinski definition) is 3. The van der Waals surface area contributed by atoms with Crippen molar-refractivity contribution in [2.24, 2.45) is 0 Å². The smallest absolute Gasteiger partial charge is 0.303 e. The van der Waals surface area contributed by atoms with Crippen LogP contribution in [-0.4, -0.2) is 117 Å². The molecular weight excluding hydrogens is 883 g/mol. The van der Waals surface area contributed by atoms with Crippen molar-refractivity contribution in [2.75, 3.05) is 113 Å². The number of methoxy groups -OCH3 is 3. The highest BCUT2D eigenvalue weighted by Crippen LogP contribution is 2.41. The SMILES string of the molecule is CNc1cc(OCc2cc(COc3cc4c(cc3OC)C(=O)N3c5ccccc5C[C@H]3CN4)cc(N(CCCC(=O)O)CCOCCOCCOC)c2)c(OC)cc1C(=O)N1CCc2ccccc21. The highest BCUT2D eigenvalue weighted by molar-refractivity contribution is 6.12. The molecule has 0 fully saturated rings. The standard InChI is InChI=1S/C53H61N5O11/c1-54-43-30-49(47(64-3)28-41(43)52(61)57-17-15-37-10-5-7-12-45(37)57)68-33-35-24-36(26-39(25-35)56(16-9-14-51(59)60)18-19-66-22-23-67-21-20-63-2)34-69-50-31-44-42(29-48(50)65-4)53(62)58-40(32-55-44)27-38-11-6-8-13-46(38)58/h5-8,10-13,24-26,28-31,40,54-55H,9,14-23,27,32-34H2,1-4H3,(H,59,60)/t40-/m0/s1. The molecule has 3 aliphatic rings. The Balaban J connectivity index is 1.06. The van der Waals surface area contributed by atoms with Crippen molar-refractivity contribution in [3.63, 3.8) is 0 Å². The minimum atomic E-state index is -0.875. The number of carboxylic acids is 1. The number of fused-ring (bicyclic) bond motifs is 5. The lowest BCUT2D eigenvalue weighted by Crippen LogP contribution is -2.39. The molecule has 3 aliphatic heterocycles. The summed E-state index contributed by atoms with van der Waals surface area (Å²) in [5, 5.41) is 16.2. The number of carbonyl (C=O) groups excluding carboxylic acids is 2. The Morgan fingerprint density at radius 3 is 2.14 bits per heavy atom. The molecule has 0 bridgehead atoms. The predicted molar refractivity (Wildman–Crippen MR) is 264 cm³/mol. The van der Waals surface area contributed by atoms with Gasteiger partial charge in [0, 0.05) is 76.0 Å². The number of anilines is 5. The van der Waals surface area contributed by atoms with Gasteiger partial charge in [0.25, 0.3) is 11.8 Å². The number of carbonyl (C=O) groups is 3. The van der Waals surface area contributed by atoms with E-state index in [-0.39, 0.29) is 37.5 Å². The maximum atomic E-state index is 14.1. The summed E-state index contributed by atoms with van der Waals surface area (Å²) in [4.78, 5) is 45.6. The molecule has 2 amide bonds. The Hall–Kier alpha value is -7.01. The fourth-order valence-corrected chi connectivity index (χ4v) is 9.17. The zero-order valence-electron chi connectivity index (χ0n) is 39.7. The first kappa shape index (κ1) is 48.4. The number of carboxylic acid groups (broad SMARTS) is 1. The van der Waals surface area contributed by atoms with E-state index in [4.69, 9.17) is 33.2 Å². The summed E-state index contributed by atoms with van der Waals surface area (Å²) in [7, 11) is 6.49. The normalized spacial score (nSPS) is 14.5. The molecule has 8 rings (SSSR count). The fraction of sp³-hybridized carbons (Fsp3) is 0.377. The quantitative estimate of drug-likeness (QED) is 0.0522. The zero-order chi connectivity index (χ0) is 48.3. The van der Waals surface area contributed by atoms with Crippen LogP contribution in [0.1, 0.15) is 55.8 Å². The van der Waals surface area contributed by atoms with Gasteiger partial charge in [-0.2, -0.15) is 0 Å². The van der Waals surface area contributed by atoms with E-state index >= 15 is 0 Å². The van der Waals surface area contributed by atoms with Gasteiger partial charge in [-0.3, -0.25) is 14.4 Å². The van der Waals surface area contributed by atoms with E-state index in [2.05, 4.69) is 21.6 Å². The van der Waals surface area contributed by atoms with Gasteiger partial charge in [-0.25, -0.2) is 0 Å². The third-order valence-electron chi connectivity index (χ3n) is 12.6. The summed E-state index contributed by atoms with van der Waals surface area (Å²) in [6.45, 7) is 4.44. The second-order valence-corrected chi connectivity index (χ2v) is 17.0. The van der Waals surface area contributed by atoms with Crippen LogP contribution >= 0.6 is 0 Å². The van der Waals surface area contributed by atoms with Crippen LogP contribution in [0.3, 0.4) is 0 Å². The number of para-hydroxylation sites is 2.